The van der Waals surface area contributed by atoms with Crippen molar-refractivity contribution in [1.82, 2.24) is 0 Å². The molecule has 0 spiro atoms. The van der Waals surface area contributed by atoms with Crippen LogP contribution in [0.5, 0.6) is 0 Å². The number of rotatable bonds is 0. The van der Waals surface area contributed by atoms with Gasteiger partial charge < -0.3 is 0 Å². The van der Waals surface area contributed by atoms with E-state index in [-0.39, 0.29) is 0 Å². The number of hydrogen-bond acceptors (Lipinski definition) is 0. The zero-order chi connectivity index (χ0) is 10.4. The monoisotopic (exact) mass is 233 g/mol. The van der Waals surface area contributed by atoms with Crippen LogP contribution in [0, 0.1) is 6.42 Å². The second-order valence-corrected chi connectivity index (χ2v) is 4.48. The molecule has 0 saturated carbocycles. The van der Waals surface area contributed by atoms with E-state index in [1.54, 1.807) is 0 Å². The van der Waals surface area contributed by atoms with Crippen LogP contribution in [0.4, 0.5) is 0 Å². The Hall–Kier alpha value is -0.980. The molecule has 0 atom stereocenters. The molecular formula is C13H7Cl2. The van der Waals surface area contributed by atoms with Crippen LogP contribution in [-0.2, 0) is 0 Å². The molecule has 0 saturated heterocycles. The molecule has 0 unspecified atom stereocenters. The highest BCUT2D eigenvalue weighted by Crippen LogP contribution is 2.40. The second kappa shape index (κ2) is 3.26. The van der Waals surface area contributed by atoms with E-state index in [2.05, 4.69) is 6.42 Å². The third-order valence-electron chi connectivity index (χ3n) is 2.63. The Labute approximate surface area is 98.5 Å². The lowest BCUT2D eigenvalue weighted by Gasteiger charge is -2.01. The van der Waals surface area contributed by atoms with E-state index in [4.69, 9.17) is 23.2 Å². The van der Waals surface area contributed by atoms with Crippen LogP contribution in [0.2, 0.25) is 10.0 Å². The Kier molecular flexibility index (Phi) is 2.01. The first kappa shape index (κ1) is 9.26. The summed E-state index contributed by atoms with van der Waals surface area (Å²) in [6.45, 7) is 0. The molecule has 73 valence electrons. The number of hydrogen-bond donors (Lipinski definition) is 0. The molecule has 0 amide bonds. The maximum atomic E-state index is 5.98. The molecule has 3 rings (SSSR count). The van der Waals surface area contributed by atoms with Gasteiger partial charge in [-0.25, -0.2) is 0 Å². The van der Waals surface area contributed by atoms with Crippen molar-refractivity contribution in [2.75, 3.05) is 0 Å². The van der Waals surface area contributed by atoms with E-state index in [9.17, 15) is 0 Å². The molecule has 2 aromatic carbocycles. The van der Waals surface area contributed by atoms with E-state index in [0.29, 0.717) is 0 Å². The van der Waals surface area contributed by atoms with Crippen molar-refractivity contribution in [2.45, 2.75) is 0 Å². The Morgan fingerprint density at radius 1 is 0.667 bits per heavy atom. The summed E-state index contributed by atoms with van der Waals surface area (Å²) in [7, 11) is 0. The predicted molar refractivity (Wildman–Crippen MR) is 64.4 cm³/mol. The summed E-state index contributed by atoms with van der Waals surface area (Å²) < 4.78 is 0. The molecule has 1 radical (unpaired) electrons. The van der Waals surface area contributed by atoms with Gasteiger partial charge in [0, 0.05) is 16.5 Å². The van der Waals surface area contributed by atoms with Crippen molar-refractivity contribution in [1.29, 1.82) is 0 Å². The van der Waals surface area contributed by atoms with Crippen LogP contribution < -0.4 is 0 Å². The lowest BCUT2D eigenvalue weighted by atomic mass is 10.1. The summed E-state index contributed by atoms with van der Waals surface area (Å²) in [6.07, 6.45) is 2.15. The first-order chi connectivity index (χ1) is 7.24. The maximum absolute atomic E-state index is 5.98. The van der Waals surface area contributed by atoms with Gasteiger partial charge in [0.2, 0.25) is 0 Å². The van der Waals surface area contributed by atoms with Gasteiger partial charge >= 0.3 is 0 Å². The van der Waals surface area contributed by atoms with Gasteiger partial charge in [-0.05, 0) is 46.5 Å². The van der Waals surface area contributed by atoms with Crippen LogP contribution in [0.25, 0.3) is 11.1 Å². The Balaban J connectivity index is 2.28. The van der Waals surface area contributed by atoms with Crippen molar-refractivity contribution >= 4 is 23.2 Å². The number of benzene rings is 2. The minimum absolute atomic E-state index is 0.759. The Bertz CT molecular complexity index is 495. The van der Waals surface area contributed by atoms with E-state index < -0.39 is 0 Å². The average molecular weight is 234 g/mol. The van der Waals surface area contributed by atoms with Gasteiger partial charge in [0.05, 0.1) is 0 Å². The molecule has 0 fully saturated rings. The summed E-state index contributed by atoms with van der Waals surface area (Å²) in [6, 6.07) is 11.8. The molecule has 0 N–H and O–H groups in total. The van der Waals surface area contributed by atoms with Crippen molar-refractivity contribution in [3.63, 3.8) is 0 Å². The van der Waals surface area contributed by atoms with Crippen molar-refractivity contribution in [3.05, 3.63) is 64.0 Å². The van der Waals surface area contributed by atoms with E-state index in [1.807, 2.05) is 36.4 Å². The highest BCUT2D eigenvalue weighted by Gasteiger charge is 2.18. The molecule has 0 heterocycles. The van der Waals surface area contributed by atoms with Gasteiger partial charge in [-0.3, -0.25) is 0 Å². The minimum atomic E-state index is 0.759. The number of halogens is 2. The summed E-state index contributed by atoms with van der Waals surface area (Å²) in [5.41, 5.74) is 4.74. The predicted octanol–water partition coefficient (Wildman–Crippen LogP) is 4.57. The van der Waals surface area contributed by atoms with E-state index in [1.165, 1.54) is 22.3 Å². The zero-order valence-electron chi connectivity index (χ0n) is 7.80. The fourth-order valence-electron chi connectivity index (χ4n) is 1.94. The molecule has 2 heteroatoms. The van der Waals surface area contributed by atoms with Gasteiger partial charge in [-0.15, -0.1) is 0 Å². The molecule has 1 aliphatic carbocycles. The van der Waals surface area contributed by atoms with Crippen LogP contribution >= 0.6 is 23.2 Å². The van der Waals surface area contributed by atoms with Crippen molar-refractivity contribution < 1.29 is 0 Å². The molecule has 2 aromatic rings. The van der Waals surface area contributed by atoms with Gasteiger partial charge in [0.1, 0.15) is 0 Å². The third kappa shape index (κ3) is 1.45. The normalized spacial score (nSPS) is 12.4. The average Bonchev–Trinajstić information content (AvgIpc) is 2.56. The first-order valence-electron chi connectivity index (χ1n) is 4.68. The third-order valence-corrected chi connectivity index (χ3v) is 3.10. The van der Waals surface area contributed by atoms with Gasteiger partial charge in [0.25, 0.3) is 0 Å². The topological polar surface area (TPSA) is 0 Å². The Morgan fingerprint density at radius 3 is 1.60 bits per heavy atom. The van der Waals surface area contributed by atoms with Crippen molar-refractivity contribution in [3.8, 4) is 11.1 Å². The quantitative estimate of drug-likeness (QED) is 0.534. The van der Waals surface area contributed by atoms with Crippen LogP contribution in [-0.4, -0.2) is 0 Å². The first-order valence-corrected chi connectivity index (χ1v) is 5.44. The molecule has 0 aromatic heterocycles. The van der Waals surface area contributed by atoms with Gasteiger partial charge in [-0.2, -0.15) is 0 Å². The largest absolute Gasteiger partial charge is 0.0843 e. The summed E-state index contributed by atoms with van der Waals surface area (Å²) >= 11 is 12.0. The lowest BCUT2D eigenvalue weighted by molar-refractivity contribution is 1.54. The Morgan fingerprint density at radius 2 is 1.13 bits per heavy atom. The fourth-order valence-corrected chi connectivity index (χ4v) is 2.29. The fraction of sp³-hybridized carbons (Fsp3) is 0. The second-order valence-electron chi connectivity index (χ2n) is 3.61. The van der Waals surface area contributed by atoms with E-state index in [0.717, 1.165) is 10.0 Å². The highest BCUT2D eigenvalue weighted by atomic mass is 35.5. The smallest absolute Gasteiger partial charge is 0.0412 e. The van der Waals surface area contributed by atoms with Gasteiger partial charge in [-0.1, -0.05) is 35.3 Å². The highest BCUT2D eigenvalue weighted by molar-refractivity contribution is 6.31. The van der Waals surface area contributed by atoms with Crippen LogP contribution in [0.3, 0.4) is 0 Å². The molecule has 1 aliphatic rings. The minimum Gasteiger partial charge on any atom is -0.0843 e. The standard InChI is InChI=1S/C13H7Cl2/c14-10-3-1-8-5-9-2-4-11(15)7-13(9)12(8)6-10/h1-7H. The zero-order valence-corrected chi connectivity index (χ0v) is 9.31. The summed E-state index contributed by atoms with van der Waals surface area (Å²) in [5, 5.41) is 1.52. The van der Waals surface area contributed by atoms with Crippen molar-refractivity contribution in [2.24, 2.45) is 0 Å². The molecule has 15 heavy (non-hydrogen) atoms. The summed E-state index contributed by atoms with van der Waals surface area (Å²) in [5.74, 6) is 0. The maximum Gasteiger partial charge on any atom is 0.0412 e. The lowest BCUT2D eigenvalue weighted by Crippen LogP contribution is -1.77. The van der Waals surface area contributed by atoms with E-state index >= 15 is 0 Å². The summed E-state index contributed by atoms with van der Waals surface area (Å²) in [4.78, 5) is 0. The van der Waals surface area contributed by atoms with Gasteiger partial charge in [0.15, 0.2) is 0 Å². The SMILES string of the molecule is Clc1ccc2c(c1)-c1cc(Cl)ccc1[CH]2. The molecular weight excluding hydrogens is 227 g/mol. The molecule has 0 nitrogen and oxygen atoms in total. The van der Waals surface area contributed by atoms with Crippen LogP contribution in [0.1, 0.15) is 11.1 Å². The molecule has 0 aliphatic heterocycles. The number of fused-ring (bicyclic) bond motifs is 3. The molecule has 0 bridgehead atoms. The van der Waals surface area contributed by atoms with Crippen LogP contribution in [0.15, 0.2) is 36.4 Å².